The number of benzene rings is 1. The molecule has 0 aliphatic heterocycles. The molecule has 1 aromatic rings. The standard InChI is InChI=1S/C16H23F2N/c1-4-19-10-16(8-12(9-16)11(2)3)14-6-5-13(17)7-15(14)18/h5-7,11-12,19H,4,8-10H2,1-3H3. The molecule has 3 heteroatoms. The smallest absolute Gasteiger partial charge is 0.129 e. The van der Waals surface area contributed by atoms with E-state index in [2.05, 4.69) is 19.2 Å². The summed E-state index contributed by atoms with van der Waals surface area (Å²) in [6.45, 7) is 8.12. The van der Waals surface area contributed by atoms with Crippen molar-refractivity contribution in [2.24, 2.45) is 11.8 Å². The lowest BCUT2D eigenvalue weighted by Gasteiger charge is -2.50. The van der Waals surface area contributed by atoms with Crippen molar-refractivity contribution in [2.75, 3.05) is 13.1 Å². The predicted octanol–water partition coefficient (Wildman–Crippen LogP) is 3.88. The fraction of sp³-hybridized carbons (Fsp3) is 0.625. The Balaban J connectivity index is 2.24. The van der Waals surface area contributed by atoms with E-state index in [1.54, 1.807) is 6.07 Å². The Morgan fingerprint density at radius 1 is 1.32 bits per heavy atom. The second kappa shape index (κ2) is 5.58. The minimum atomic E-state index is -0.500. The molecule has 106 valence electrons. The summed E-state index contributed by atoms with van der Waals surface area (Å²) in [5.41, 5.74) is 0.523. The fourth-order valence-corrected chi connectivity index (χ4v) is 3.16. The average molecular weight is 267 g/mol. The summed E-state index contributed by atoms with van der Waals surface area (Å²) in [7, 11) is 0. The molecule has 19 heavy (non-hydrogen) atoms. The van der Waals surface area contributed by atoms with Crippen molar-refractivity contribution in [1.29, 1.82) is 0 Å². The van der Waals surface area contributed by atoms with Gasteiger partial charge < -0.3 is 5.32 Å². The van der Waals surface area contributed by atoms with Crippen LogP contribution in [0.5, 0.6) is 0 Å². The van der Waals surface area contributed by atoms with E-state index in [0.29, 0.717) is 17.4 Å². The van der Waals surface area contributed by atoms with Crippen molar-refractivity contribution >= 4 is 0 Å². The molecule has 0 spiro atoms. The van der Waals surface area contributed by atoms with Gasteiger partial charge in [0.1, 0.15) is 11.6 Å². The largest absolute Gasteiger partial charge is 0.316 e. The highest BCUT2D eigenvalue weighted by Crippen LogP contribution is 2.51. The van der Waals surface area contributed by atoms with Gasteiger partial charge in [-0.3, -0.25) is 0 Å². The van der Waals surface area contributed by atoms with Gasteiger partial charge in [-0.15, -0.1) is 0 Å². The molecular formula is C16H23F2N. The molecular weight excluding hydrogens is 244 g/mol. The molecule has 0 bridgehead atoms. The van der Waals surface area contributed by atoms with E-state index in [0.717, 1.165) is 32.0 Å². The predicted molar refractivity (Wildman–Crippen MR) is 74.1 cm³/mol. The highest BCUT2D eigenvalue weighted by molar-refractivity contribution is 5.31. The van der Waals surface area contributed by atoms with Crippen LogP contribution in [0.4, 0.5) is 8.78 Å². The molecule has 1 saturated carbocycles. The fourth-order valence-electron chi connectivity index (χ4n) is 3.16. The van der Waals surface area contributed by atoms with E-state index in [-0.39, 0.29) is 5.41 Å². The maximum Gasteiger partial charge on any atom is 0.129 e. The van der Waals surface area contributed by atoms with Crippen LogP contribution in [0.15, 0.2) is 18.2 Å². The summed E-state index contributed by atoms with van der Waals surface area (Å²) in [4.78, 5) is 0. The van der Waals surface area contributed by atoms with Crippen molar-refractivity contribution in [3.63, 3.8) is 0 Å². The number of hydrogen-bond acceptors (Lipinski definition) is 1. The molecule has 0 aromatic heterocycles. The normalized spacial score (nSPS) is 26.5. The molecule has 1 aliphatic carbocycles. The zero-order valence-electron chi connectivity index (χ0n) is 12.0. The molecule has 0 unspecified atom stereocenters. The second-order valence-electron chi connectivity index (χ2n) is 6.10. The highest BCUT2D eigenvalue weighted by atomic mass is 19.1. The summed E-state index contributed by atoms with van der Waals surface area (Å²) in [6.07, 6.45) is 1.97. The molecule has 0 heterocycles. The van der Waals surface area contributed by atoms with Gasteiger partial charge in [-0.05, 0) is 42.9 Å². The number of rotatable bonds is 5. The first kappa shape index (κ1) is 14.4. The van der Waals surface area contributed by atoms with E-state index in [9.17, 15) is 8.78 Å². The van der Waals surface area contributed by atoms with Crippen molar-refractivity contribution in [3.8, 4) is 0 Å². The Bertz CT molecular complexity index is 436. The number of likely N-dealkylation sites (N-methyl/N-ethyl adjacent to an activating group) is 1. The van der Waals surface area contributed by atoms with E-state index < -0.39 is 11.6 Å². The number of halogens is 2. The summed E-state index contributed by atoms with van der Waals surface area (Å²) >= 11 is 0. The van der Waals surface area contributed by atoms with Gasteiger partial charge in [0.2, 0.25) is 0 Å². The Hall–Kier alpha value is -0.960. The minimum absolute atomic E-state index is 0.150. The van der Waals surface area contributed by atoms with Crippen molar-refractivity contribution in [1.82, 2.24) is 5.32 Å². The monoisotopic (exact) mass is 267 g/mol. The first-order valence-corrected chi connectivity index (χ1v) is 7.15. The molecule has 0 radical (unpaired) electrons. The van der Waals surface area contributed by atoms with Gasteiger partial charge in [0.05, 0.1) is 0 Å². The van der Waals surface area contributed by atoms with E-state index >= 15 is 0 Å². The van der Waals surface area contributed by atoms with E-state index in [1.807, 2.05) is 6.92 Å². The van der Waals surface area contributed by atoms with E-state index in [1.165, 1.54) is 6.07 Å². The van der Waals surface area contributed by atoms with E-state index in [4.69, 9.17) is 0 Å². The zero-order chi connectivity index (χ0) is 14.0. The topological polar surface area (TPSA) is 12.0 Å². The quantitative estimate of drug-likeness (QED) is 0.853. The van der Waals surface area contributed by atoms with Crippen LogP contribution in [0, 0.1) is 23.5 Å². The average Bonchev–Trinajstić information content (AvgIpc) is 2.29. The van der Waals surface area contributed by atoms with Crippen LogP contribution < -0.4 is 5.32 Å². The van der Waals surface area contributed by atoms with Crippen molar-refractivity contribution < 1.29 is 8.78 Å². The van der Waals surface area contributed by atoms with Gasteiger partial charge in [-0.2, -0.15) is 0 Å². The first-order chi connectivity index (χ1) is 8.98. The van der Waals surface area contributed by atoms with Crippen molar-refractivity contribution in [3.05, 3.63) is 35.4 Å². The van der Waals surface area contributed by atoms with Crippen LogP contribution in [0.25, 0.3) is 0 Å². The number of hydrogen-bond donors (Lipinski definition) is 1. The number of nitrogens with one attached hydrogen (secondary N) is 1. The van der Waals surface area contributed by atoms with Gasteiger partial charge in [-0.1, -0.05) is 26.8 Å². The summed E-state index contributed by atoms with van der Waals surface area (Å²) in [5, 5.41) is 3.33. The molecule has 1 aromatic carbocycles. The Kier molecular flexibility index (Phi) is 4.24. The molecule has 0 amide bonds. The third-order valence-corrected chi connectivity index (χ3v) is 4.46. The van der Waals surface area contributed by atoms with Gasteiger partial charge in [0, 0.05) is 18.0 Å². The van der Waals surface area contributed by atoms with Crippen LogP contribution in [-0.4, -0.2) is 13.1 Å². The Morgan fingerprint density at radius 3 is 2.53 bits per heavy atom. The summed E-state index contributed by atoms with van der Waals surface area (Å²) in [5.74, 6) is 0.362. The van der Waals surface area contributed by atoms with Crippen LogP contribution in [0.1, 0.15) is 39.2 Å². The molecule has 1 nitrogen and oxygen atoms in total. The van der Waals surface area contributed by atoms with Gasteiger partial charge in [0.15, 0.2) is 0 Å². The summed E-state index contributed by atoms with van der Waals surface area (Å²) in [6, 6.07) is 4.00. The lowest BCUT2D eigenvalue weighted by Crippen LogP contribution is -2.50. The van der Waals surface area contributed by atoms with Crippen LogP contribution in [0.3, 0.4) is 0 Å². The minimum Gasteiger partial charge on any atom is -0.316 e. The SMILES string of the molecule is CCNCC1(c2ccc(F)cc2F)CC(C(C)C)C1. The van der Waals surface area contributed by atoms with Gasteiger partial charge in [0.25, 0.3) is 0 Å². The zero-order valence-corrected chi connectivity index (χ0v) is 12.0. The van der Waals surface area contributed by atoms with Gasteiger partial charge in [-0.25, -0.2) is 8.78 Å². The molecule has 1 fully saturated rings. The molecule has 1 aliphatic rings. The highest BCUT2D eigenvalue weighted by Gasteiger charge is 2.47. The molecule has 1 N–H and O–H groups in total. The Morgan fingerprint density at radius 2 is 2.00 bits per heavy atom. The maximum absolute atomic E-state index is 14.1. The van der Waals surface area contributed by atoms with Crippen LogP contribution in [0.2, 0.25) is 0 Å². The maximum atomic E-state index is 14.1. The van der Waals surface area contributed by atoms with Crippen LogP contribution in [-0.2, 0) is 5.41 Å². The summed E-state index contributed by atoms with van der Waals surface area (Å²) < 4.78 is 27.1. The lowest BCUT2D eigenvalue weighted by molar-refractivity contribution is 0.0949. The third-order valence-electron chi connectivity index (χ3n) is 4.46. The van der Waals surface area contributed by atoms with Crippen LogP contribution >= 0.6 is 0 Å². The second-order valence-corrected chi connectivity index (χ2v) is 6.10. The Labute approximate surface area is 114 Å². The third kappa shape index (κ3) is 2.81. The molecule has 0 saturated heterocycles. The van der Waals surface area contributed by atoms with Gasteiger partial charge >= 0.3 is 0 Å². The molecule has 0 atom stereocenters. The lowest BCUT2D eigenvalue weighted by atomic mass is 9.55. The molecule has 2 rings (SSSR count). The first-order valence-electron chi connectivity index (χ1n) is 7.15. The van der Waals surface area contributed by atoms with Crippen molar-refractivity contribution in [2.45, 2.75) is 39.0 Å².